The number of ether oxygens (including phenoxy) is 3. The number of benzene rings is 2. The second kappa shape index (κ2) is 6.70. The first-order valence-electron chi connectivity index (χ1n) is 10.4. The third kappa shape index (κ3) is 3.47. The van der Waals surface area contributed by atoms with Crippen molar-refractivity contribution in [2.75, 3.05) is 13.2 Å². The lowest BCUT2D eigenvalue weighted by Gasteiger charge is -2.33. The van der Waals surface area contributed by atoms with E-state index in [1.807, 2.05) is 30.3 Å². The Bertz CT molecular complexity index is 1100. The Kier molecular flexibility index (Phi) is 4.21. The van der Waals surface area contributed by atoms with Gasteiger partial charge in [-0.3, -0.25) is 0 Å². The molecule has 2 aliphatic heterocycles. The average molecular weight is 402 g/mol. The predicted octanol–water partition coefficient (Wildman–Crippen LogP) is 4.57. The minimum Gasteiger partial charge on any atom is -0.493 e. The van der Waals surface area contributed by atoms with Gasteiger partial charge in [-0.25, -0.2) is 4.99 Å². The molecule has 2 aromatic carbocycles. The van der Waals surface area contributed by atoms with Crippen LogP contribution in [0.25, 0.3) is 0 Å². The minimum absolute atomic E-state index is 0.0604. The first-order chi connectivity index (χ1) is 14.3. The summed E-state index contributed by atoms with van der Waals surface area (Å²) in [4.78, 5) is 4.75. The zero-order valence-corrected chi connectivity index (χ0v) is 17.6. The molecule has 0 amide bonds. The van der Waals surface area contributed by atoms with Gasteiger partial charge < -0.3 is 19.9 Å². The van der Waals surface area contributed by atoms with Crippen LogP contribution in [0.4, 0.5) is 0 Å². The molecule has 1 unspecified atom stereocenters. The number of hydrogen-bond donors (Lipinski definition) is 1. The van der Waals surface area contributed by atoms with E-state index in [0.717, 1.165) is 33.9 Å². The van der Waals surface area contributed by atoms with Gasteiger partial charge in [-0.15, -0.1) is 0 Å². The second-order valence-corrected chi connectivity index (χ2v) is 9.46. The molecule has 5 heteroatoms. The van der Waals surface area contributed by atoms with E-state index in [0.29, 0.717) is 19.1 Å². The van der Waals surface area contributed by atoms with E-state index >= 15 is 0 Å². The number of amidine groups is 1. The lowest BCUT2D eigenvalue weighted by Crippen LogP contribution is -2.31. The van der Waals surface area contributed by atoms with Crippen LogP contribution in [-0.4, -0.2) is 19.2 Å². The number of nitrogens with two attached hydrogens (primary N) is 1. The van der Waals surface area contributed by atoms with Gasteiger partial charge in [-0.05, 0) is 54.7 Å². The molecule has 0 aromatic heterocycles. The molecule has 154 valence electrons. The van der Waals surface area contributed by atoms with E-state index in [-0.39, 0.29) is 11.4 Å². The van der Waals surface area contributed by atoms with Crippen LogP contribution in [0.5, 0.6) is 17.2 Å². The third-order valence-electron chi connectivity index (χ3n) is 5.44. The highest BCUT2D eigenvalue weighted by atomic mass is 16.5. The zero-order chi connectivity index (χ0) is 20.9. The Morgan fingerprint density at radius 2 is 1.87 bits per heavy atom. The molecule has 0 saturated heterocycles. The van der Waals surface area contributed by atoms with Crippen LogP contribution in [0.15, 0.2) is 41.4 Å². The van der Waals surface area contributed by atoms with Gasteiger partial charge in [0.15, 0.2) is 5.54 Å². The Labute approximate surface area is 177 Å². The Morgan fingerprint density at radius 3 is 2.53 bits per heavy atom. The highest BCUT2D eigenvalue weighted by Crippen LogP contribution is 2.51. The highest BCUT2D eigenvalue weighted by Gasteiger charge is 2.47. The third-order valence-corrected chi connectivity index (χ3v) is 5.44. The first-order valence-corrected chi connectivity index (χ1v) is 10.4. The maximum atomic E-state index is 6.22. The van der Waals surface area contributed by atoms with Gasteiger partial charge in [-0.1, -0.05) is 32.6 Å². The smallest absolute Gasteiger partial charge is 0.283 e. The summed E-state index contributed by atoms with van der Waals surface area (Å²) in [7, 11) is 0. The average Bonchev–Trinajstić information content (AvgIpc) is 3.46. The van der Waals surface area contributed by atoms with E-state index in [2.05, 4.69) is 38.7 Å². The standard InChI is InChI=1S/C25H26N2O3/c1-24(2,3)14-28-18-9-11-22-20(13-18)25(15-29-23(26)27-25)19-12-17(7-6-16-4-5-16)8-10-21(19)30-22/h8-13,16H,4-5,14-15H2,1-3H3,(H2,26,27). The maximum Gasteiger partial charge on any atom is 0.283 e. The van der Waals surface area contributed by atoms with Crippen LogP contribution in [0, 0.1) is 23.2 Å². The molecule has 2 N–H and O–H groups in total. The molecule has 5 rings (SSSR count). The van der Waals surface area contributed by atoms with E-state index in [1.165, 1.54) is 12.8 Å². The topological polar surface area (TPSA) is 66.1 Å². The molecule has 2 aromatic rings. The summed E-state index contributed by atoms with van der Waals surface area (Å²) in [6.45, 7) is 7.37. The fourth-order valence-corrected chi connectivity index (χ4v) is 3.71. The van der Waals surface area contributed by atoms with Gasteiger partial charge in [0.05, 0.1) is 6.61 Å². The van der Waals surface area contributed by atoms with Crippen molar-refractivity contribution in [2.45, 2.75) is 39.2 Å². The number of aliphatic imine (C=N–C) groups is 1. The normalized spacial score (nSPS) is 21.5. The lowest BCUT2D eigenvalue weighted by atomic mass is 9.80. The Hall–Kier alpha value is -3.13. The van der Waals surface area contributed by atoms with Crippen LogP contribution in [-0.2, 0) is 10.3 Å². The lowest BCUT2D eigenvalue weighted by molar-refractivity contribution is 0.197. The van der Waals surface area contributed by atoms with Crippen LogP contribution in [0.3, 0.4) is 0 Å². The van der Waals surface area contributed by atoms with Gasteiger partial charge in [0.2, 0.25) is 0 Å². The largest absolute Gasteiger partial charge is 0.493 e. The van der Waals surface area contributed by atoms with Crippen LogP contribution >= 0.6 is 0 Å². The SMILES string of the molecule is CC(C)(C)COc1ccc2c(c1)C1(COC(N)=N1)c1cc(C#CC3CC3)ccc1O2. The van der Waals surface area contributed by atoms with Crippen molar-refractivity contribution < 1.29 is 14.2 Å². The summed E-state index contributed by atoms with van der Waals surface area (Å²) >= 11 is 0. The van der Waals surface area contributed by atoms with Crippen molar-refractivity contribution in [3.8, 4) is 29.1 Å². The molecule has 2 heterocycles. The summed E-state index contributed by atoms with van der Waals surface area (Å²) in [5, 5.41) is 0. The molecule has 3 aliphatic rings. The summed E-state index contributed by atoms with van der Waals surface area (Å²) in [5.41, 5.74) is 8.05. The number of rotatable bonds is 2. The Balaban J connectivity index is 1.58. The Morgan fingerprint density at radius 1 is 1.13 bits per heavy atom. The second-order valence-electron chi connectivity index (χ2n) is 9.46. The van der Waals surface area contributed by atoms with Crippen molar-refractivity contribution in [2.24, 2.45) is 22.1 Å². The van der Waals surface area contributed by atoms with Crippen LogP contribution in [0.2, 0.25) is 0 Å². The van der Waals surface area contributed by atoms with Gasteiger partial charge in [0, 0.05) is 22.6 Å². The molecule has 1 aliphatic carbocycles. The van der Waals surface area contributed by atoms with E-state index in [9.17, 15) is 0 Å². The molecule has 1 saturated carbocycles. The van der Waals surface area contributed by atoms with Crippen LogP contribution in [0.1, 0.15) is 50.3 Å². The molecule has 30 heavy (non-hydrogen) atoms. The van der Waals surface area contributed by atoms with Crippen molar-refractivity contribution in [3.05, 3.63) is 53.1 Å². The summed E-state index contributed by atoms with van der Waals surface area (Å²) in [6, 6.07) is 12.1. The molecule has 0 radical (unpaired) electrons. The molecule has 5 nitrogen and oxygen atoms in total. The summed E-state index contributed by atoms with van der Waals surface area (Å²) in [6.07, 6.45) is 2.40. The summed E-state index contributed by atoms with van der Waals surface area (Å²) < 4.78 is 17.9. The maximum absolute atomic E-state index is 6.22. The van der Waals surface area contributed by atoms with Crippen molar-refractivity contribution in [1.82, 2.24) is 0 Å². The summed E-state index contributed by atoms with van der Waals surface area (Å²) in [5.74, 6) is 9.43. The van der Waals surface area contributed by atoms with Crippen molar-refractivity contribution in [3.63, 3.8) is 0 Å². The van der Waals surface area contributed by atoms with E-state index in [1.54, 1.807) is 0 Å². The minimum atomic E-state index is -0.759. The van der Waals surface area contributed by atoms with Crippen molar-refractivity contribution >= 4 is 6.02 Å². The molecule has 1 fully saturated rings. The molecule has 0 bridgehead atoms. The number of nitrogens with zero attached hydrogens (tertiary/aromatic N) is 1. The molecular formula is C25H26N2O3. The fourth-order valence-electron chi connectivity index (χ4n) is 3.71. The fraction of sp³-hybridized carbons (Fsp3) is 0.400. The van der Waals surface area contributed by atoms with E-state index < -0.39 is 5.54 Å². The van der Waals surface area contributed by atoms with Gasteiger partial charge in [0.1, 0.15) is 23.9 Å². The molecular weight excluding hydrogens is 376 g/mol. The van der Waals surface area contributed by atoms with Gasteiger partial charge in [0.25, 0.3) is 6.02 Å². The van der Waals surface area contributed by atoms with E-state index in [4.69, 9.17) is 24.9 Å². The number of hydrogen-bond acceptors (Lipinski definition) is 5. The van der Waals surface area contributed by atoms with Gasteiger partial charge in [-0.2, -0.15) is 0 Å². The van der Waals surface area contributed by atoms with Crippen molar-refractivity contribution in [1.29, 1.82) is 0 Å². The van der Waals surface area contributed by atoms with Gasteiger partial charge >= 0.3 is 0 Å². The molecule has 1 atom stereocenters. The first kappa shape index (κ1) is 18.9. The monoisotopic (exact) mass is 402 g/mol. The molecule has 1 spiro atoms. The quantitative estimate of drug-likeness (QED) is 0.748. The predicted molar refractivity (Wildman–Crippen MR) is 116 cm³/mol. The van der Waals surface area contributed by atoms with Crippen LogP contribution < -0.4 is 15.2 Å². The highest BCUT2D eigenvalue weighted by molar-refractivity contribution is 5.77. The number of fused-ring (bicyclic) bond motifs is 4. The zero-order valence-electron chi connectivity index (χ0n) is 17.6.